The van der Waals surface area contributed by atoms with Crippen molar-refractivity contribution in [3.8, 4) is 9.47 Å². The van der Waals surface area contributed by atoms with Crippen molar-refractivity contribution < 1.29 is 0 Å². The van der Waals surface area contributed by atoms with E-state index in [0.29, 0.717) is 0 Å². The molecule has 0 atom stereocenters. The molecule has 2 heteroatoms. The minimum absolute atomic E-state index is 0.779. The second kappa shape index (κ2) is 6.29. The van der Waals surface area contributed by atoms with Crippen LogP contribution in [0.15, 0.2) is 0 Å². The topological polar surface area (TPSA) is 0 Å². The Morgan fingerprint density at radius 2 is 1.13 bits per heavy atom. The van der Waals surface area contributed by atoms with Crippen molar-refractivity contribution in [3.63, 3.8) is 0 Å². The third-order valence-electron chi connectivity index (χ3n) is 3.32. The van der Waals surface area contributed by atoms with Crippen molar-refractivity contribution in [2.75, 3.05) is 9.86 Å². The van der Waals surface area contributed by atoms with Gasteiger partial charge in [0.05, 0.1) is 0 Å². The van der Waals surface area contributed by atoms with Crippen molar-refractivity contribution in [3.05, 3.63) is 0 Å². The molecule has 0 fully saturated rings. The maximum atomic E-state index is 3.79. The van der Waals surface area contributed by atoms with E-state index in [1.54, 1.807) is 0 Å². The van der Waals surface area contributed by atoms with Crippen molar-refractivity contribution in [2.24, 2.45) is 0 Å². The van der Waals surface area contributed by atoms with Gasteiger partial charge in [-0.2, -0.15) is 0 Å². The Kier molecular flexibility index (Phi) is 6.51. The zero-order valence-corrected chi connectivity index (χ0v) is 14.8. The minimum atomic E-state index is -1.41. The molecule has 0 spiro atoms. The van der Waals surface area contributed by atoms with Crippen LogP contribution in [0.5, 0.6) is 0 Å². The monoisotopic (exact) mass is 338 g/mol. The second-order valence-electron chi connectivity index (χ2n) is 5.37. The standard InChI is InChI=1S/C13H27ISi/c1-11(2)15(12(3)4,13(5)6)10-9-14(7)8/h11-13H,1-8H3. The Hall–Kier alpha value is 0.507. The summed E-state index contributed by atoms with van der Waals surface area (Å²) in [6.07, 6.45) is 0. The van der Waals surface area contributed by atoms with Gasteiger partial charge >= 0.3 is 105 Å². The van der Waals surface area contributed by atoms with Crippen molar-refractivity contribution in [1.82, 2.24) is 0 Å². The molecule has 0 saturated heterocycles. The predicted molar refractivity (Wildman–Crippen MR) is 84.7 cm³/mol. The number of rotatable bonds is 3. The quantitative estimate of drug-likeness (QED) is 0.296. The van der Waals surface area contributed by atoms with Gasteiger partial charge in [-0.05, 0) is 0 Å². The van der Waals surface area contributed by atoms with Gasteiger partial charge in [0.2, 0.25) is 0 Å². The Labute approximate surface area is 105 Å². The van der Waals surface area contributed by atoms with Crippen LogP contribution in [0.2, 0.25) is 16.6 Å². The number of alkyl halides is 2. The zero-order valence-electron chi connectivity index (χ0n) is 11.6. The van der Waals surface area contributed by atoms with Gasteiger partial charge in [0.1, 0.15) is 0 Å². The molecule has 0 saturated carbocycles. The molecule has 0 radical (unpaired) electrons. The fraction of sp³-hybridized carbons (Fsp3) is 0.846. The average molecular weight is 338 g/mol. The summed E-state index contributed by atoms with van der Waals surface area (Å²) in [7, 11) is -1.41. The molecule has 0 N–H and O–H groups in total. The van der Waals surface area contributed by atoms with Gasteiger partial charge in [0.25, 0.3) is 0 Å². The maximum absolute atomic E-state index is 3.79. The molecule has 0 unspecified atom stereocenters. The van der Waals surface area contributed by atoms with Gasteiger partial charge < -0.3 is 0 Å². The molecule has 0 heterocycles. The van der Waals surface area contributed by atoms with Crippen LogP contribution in [0.1, 0.15) is 41.5 Å². The van der Waals surface area contributed by atoms with Crippen molar-refractivity contribution in [1.29, 1.82) is 0 Å². The first-order valence-corrected chi connectivity index (χ1v) is 13.4. The molecule has 90 valence electrons. The summed E-state index contributed by atoms with van der Waals surface area (Å²) in [6.45, 7) is 14.3. The normalized spacial score (nSPS) is 13.1. The van der Waals surface area contributed by atoms with Crippen LogP contribution in [0, 0.1) is 9.47 Å². The third-order valence-corrected chi connectivity index (χ3v) is 11.5. The molecule has 0 aliphatic carbocycles. The first kappa shape index (κ1) is 15.5. The summed E-state index contributed by atoms with van der Waals surface area (Å²) >= 11 is -0.878. The van der Waals surface area contributed by atoms with Crippen LogP contribution in [-0.2, 0) is 0 Å². The van der Waals surface area contributed by atoms with E-state index in [0.717, 1.165) is 16.6 Å². The van der Waals surface area contributed by atoms with E-state index < -0.39 is 27.9 Å². The van der Waals surface area contributed by atoms with Crippen LogP contribution >= 0.6 is 19.8 Å². The van der Waals surface area contributed by atoms with E-state index >= 15 is 0 Å². The molecule has 0 aromatic heterocycles. The Morgan fingerprint density at radius 3 is 1.33 bits per heavy atom. The molecule has 0 amide bonds. The van der Waals surface area contributed by atoms with Crippen LogP contribution < -0.4 is 0 Å². The first-order chi connectivity index (χ1) is 6.75. The predicted octanol–water partition coefficient (Wildman–Crippen LogP) is 4.93. The molecule has 0 nitrogen and oxygen atoms in total. The molecule has 0 aromatic rings. The number of hydrogen-bond acceptors (Lipinski definition) is 0. The fourth-order valence-electron chi connectivity index (χ4n) is 2.61. The molecule has 0 aliphatic heterocycles. The second-order valence-corrected chi connectivity index (χ2v) is 15.8. The fourth-order valence-corrected chi connectivity index (χ4v) is 10.8. The molecule has 15 heavy (non-hydrogen) atoms. The van der Waals surface area contributed by atoms with Crippen LogP contribution in [-0.4, -0.2) is 17.9 Å². The molecule has 0 rings (SSSR count). The van der Waals surface area contributed by atoms with Gasteiger partial charge in [-0.3, -0.25) is 0 Å². The Morgan fingerprint density at radius 1 is 0.800 bits per heavy atom. The van der Waals surface area contributed by atoms with Crippen molar-refractivity contribution >= 4 is 27.9 Å². The summed E-state index contributed by atoms with van der Waals surface area (Å²) in [4.78, 5) is 4.69. The Bertz CT molecular complexity index is 221. The summed E-state index contributed by atoms with van der Waals surface area (Å²) in [6, 6.07) is 0. The van der Waals surface area contributed by atoms with E-state index in [4.69, 9.17) is 0 Å². The van der Waals surface area contributed by atoms with E-state index in [-0.39, 0.29) is 0 Å². The van der Waals surface area contributed by atoms with E-state index in [2.05, 4.69) is 60.9 Å². The molecule has 0 aromatic carbocycles. The van der Waals surface area contributed by atoms with Crippen LogP contribution in [0.3, 0.4) is 0 Å². The third kappa shape index (κ3) is 3.78. The first-order valence-electron chi connectivity index (χ1n) is 5.78. The van der Waals surface area contributed by atoms with Crippen molar-refractivity contribution in [2.45, 2.75) is 58.2 Å². The molecule has 0 aliphatic rings. The van der Waals surface area contributed by atoms with Gasteiger partial charge in [-0.1, -0.05) is 0 Å². The summed E-state index contributed by atoms with van der Waals surface area (Å²) < 4.78 is 3.60. The summed E-state index contributed by atoms with van der Waals surface area (Å²) in [5.41, 5.74) is 6.13. The van der Waals surface area contributed by atoms with E-state index in [1.807, 2.05) is 0 Å². The summed E-state index contributed by atoms with van der Waals surface area (Å²) in [5, 5.41) is 0. The van der Waals surface area contributed by atoms with Gasteiger partial charge in [-0.25, -0.2) is 0 Å². The number of halogens is 1. The van der Waals surface area contributed by atoms with Gasteiger partial charge in [0, 0.05) is 0 Å². The zero-order chi connectivity index (χ0) is 12.2. The van der Waals surface area contributed by atoms with E-state index in [1.165, 1.54) is 0 Å². The molecular weight excluding hydrogens is 311 g/mol. The average Bonchev–Trinajstić information content (AvgIpc) is 2.02. The van der Waals surface area contributed by atoms with Crippen LogP contribution in [0.25, 0.3) is 0 Å². The van der Waals surface area contributed by atoms with Crippen LogP contribution in [0.4, 0.5) is 0 Å². The molecule has 0 bridgehead atoms. The summed E-state index contributed by atoms with van der Waals surface area (Å²) in [5.74, 6) is 0. The Balaban J connectivity index is 5.27. The molecular formula is C13H27ISi. The number of hydrogen-bond donors (Lipinski definition) is 0. The van der Waals surface area contributed by atoms with E-state index in [9.17, 15) is 0 Å². The van der Waals surface area contributed by atoms with Gasteiger partial charge in [-0.15, -0.1) is 0 Å². The SMILES string of the molecule is CC(C)[Si](C#CI(C)C)(C(C)C)C(C)C. The van der Waals surface area contributed by atoms with Gasteiger partial charge in [0.15, 0.2) is 0 Å².